The molecule has 3 N–H and O–H groups in total. The molecule has 0 aromatic heterocycles. The van der Waals surface area contributed by atoms with Crippen LogP contribution in [0.1, 0.15) is 350 Å². The van der Waals surface area contributed by atoms with Crippen LogP contribution < -0.4 is 0 Å². The highest BCUT2D eigenvalue weighted by atomic mass is 31.2. The van der Waals surface area contributed by atoms with Gasteiger partial charge in [0.15, 0.2) is 12.2 Å². The van der Waals surface area contributed by atoms with Crippen LogP contribution in [0.2, 0.25) is 0 Å². The lowest BCUT2D eigenvalue weighted by Gasteiger charge is -2.21. The van der Waals surface area contributed by atoms with Crippen molar-refractivity contribution in [2.75, 3.05) is 39.6 Å². The topological polar surface area (TPSA) is 237 Å². The van der Waals surface area contributed by atoms with Crippen LogP contribution in [-0.4, -0.2) is 96.7 Å². The highest BCUT2D eigenvalue weighted by Gasteiger charge is 2.30. The van der Waals surface area contributed by atoms with E-state index < -0.39 is 97.5 Å². The standard InChI is InChI=1S/C70H136O17P2/c1-8-9-10-11-27-37-44-51-67(72)80-57-66(87-70(75)54-47-40-33-32-36-43-50-63(6)7)60-85-89(78,79)83-56-64(71)55-82-88(76,77)84-59-65(58-81-68(73)52-45-38-30-26-22-24-29-35-42-49-62(4)5)86-69(74)53-46-39-31-25-21-19-17-15-13-12-14-16-18-20-23-28-34-41-48-61(2)3/h61-66,71H,8-60H2,1-7H3,(H,76,77)(H,78,79)/t64-,65-,66-/m1/s1. The van der Waals surface area contributed by atoms with Crippen molar-refractivity contribution in [2.24, 2.45) is 17.8 Å². The fourth-order valence-corrected chi connectivity index (χ4v) is 12.1. The van der Waals surface area contributed by atoms with Gasteiger partial charge in [0.2, 0.25) is 0 Å². The first-order chi connectivity index (χ1) is 42.7. The number of aliphatic hydroxyl groups is 1. The summed E-state index contributed by atoms with van der Waals surface area (Å²) in [5.74, 6) is 0.0973. The van der Waals surface area contributed by atoms with E-state index in [0.29, 0.717) is 31.6 Å². The van der Waals surface area contributed by atoms with Crippen molar-refractivity contribution in [3.63, 3.8) is 0 Å². The lowest BCUT2D eigenvalue weighted by Crippen LogP contribution is -2.30. The monoisotopic (exact) mass is 1310 g/mol. The average Bonchev–Trinajstić information content (AvgIpc) is 3.70. The third kappa shape index (κ3) is 64.6. The molecule has 0 saturated carbocycles. The number of carbonyl (C=O) groups excluding carboxylic acids is 4. The number of aliphatic hydroxyl groups excluding tert-OH is 1. The summed E-state index contributed by atoms with van der Waals surface area (Å²) in [4.78, 5) is 72.3. The zero-order chi connectivity index (χ0) is 65.9. The van der Waals surface area contributed by atoms with Gasteiger partial charge in [0.1, 0.15) is 19.3 Å². The Hall–Kier alpha value is -1.94. The zero-order valence-electron chi connectivity index (χ0n) is 57.9. The van der Waals surface area contributed by atoms with E-state index in [1.165, 1.54) is 148 Å². The van der Waals surface area contributed by atoms with Gasteiger partial charge in [-0.05, 0) is 43.4 Å². The van der Waals surface area contributed by atoms with Crippen molar-refractivity contribution >= 4 is 39.5 Å². The Morgan fingerprint density at radius 1 is 0.303 bits per heavy atom. The van der Waals surface area contributed by atoms with Gasteiger partial charge < -0.3 is 33.8 Å². The Bertz CT molecular complexity index is 1750. The summed E-state index contributed by atoms with van der Waals surface area (Å²) < 4.78 is 68.1. The van der Waals surface area contributed by atoms with Crippen molar-refractivity contribution in [2.45, 2.75) is 369 Å². The fourth-order valence-electron chi connectivity index (χ4n) is 10.5. The second-order valence-electron chi connectivity index (χ2n) is 26.7. The number of phosphoric acid groups is 2. The van der Waals surface area contributed by atoms with Gasteiger partial charge >= 0.3 is 39.5 Å². The van der Waals surface area contributed by atoms with E-state index in [1.807, 2.05) is 0 Å². The van der Waals surface area contributed by atoms with Crippen LogP contribution in [0.15, 0.2) is 0 Å². The number of unbranched alkanes of at least 4 members (excludes halogenated alkanes) is 36. The molecule has 0 saturated heterocycles. The van der Waals surface area contributed by atoms with Gasteiger partial charge in [0.05, 0.1) is 26.4 Å². The van der Waals surface area contributed by atoms with Gasteiger partial charge in [-0.3, -0.25) is 37.3 Å². The second-order valence-corrected chi connectivity index (χ2v) is 29.6. The summed E-state index contributed by atoms with van der Waals surface area (Å²) in [6.45, 7) is 11.7. The summed E-state index contributed by atoms with van der Waals surface area (Å²) in [5.41, 5.74) is 0. The minimum atomic E-state index is -4.95. The molecule has 0 heterocycles. The molecule has 19 heteroatoms. The number of hydrogen-bond acceptors (Lipinski definition) is 15. The molecule has 0 bridgehead atoms. The molecule has 0 aliphatic heterocycles. The first kappa shape index (κ1) is 87.1. The van der Waals surface area contributed by atoms with Gasteiger partial charge in [-0.25, -0.2) is 9.13 Å². The first-order valence-corrected chi connectivity index (χ1v) is 39.3. The summed E-state index contributed by atoms with van der Waals surface area (Å²) in [6, 6.07) is 0. The van der Waals surface area contributed by atoms with Gasteiger partial charge in [0.25, 0.3) is 0 Å². The quantitative estimate of drug-likeness (QED) is 0.0222. The maximum Gasteiger partial charge on any atom is 0.472 e. The molecule has 0 radical (unpaired) electrons. The Kier molecular flexibility index (Phi) is 59.6. The highest BCUT2D eigenvalue weighted by Crippen LogP contribution is 2.45. The minimum Gasteiger partial charge on any atom is -0.462 e. The Balaban J connectivity index is 5.13. The largest absolute Gasteiger partial charge is 0.472 e. The molecule has 0 fully saturated rings. The Morgan fingerprint density at radius 3 is 0.764 bits per heavy atom. The predicted octanol–water partition coefficient (Wildman–Crippen LogP) is 19.8. The molecule has 0 amide bonds. The zero-order valence-corrected chi connectivity index (χ0v) is 59.7. The second kappa shape index (κ2) is 61.0. The predicted molar refractivity (Wildman–Crippen MR) is 358 cm³/mol. The molecule has 528 valence electrons. The molecule has 0 aliphatic carbocycles. The molecule has 0 aliphatic rings. The van der Waals surface area contributed by atoms with Crippen molar-refractivity contribution in [3.05, 3.63) is 0 Å². The minimum absolute atomic E-state index is 0.101. The molecule has 0 aromatic carbocycles. The number of rotatable bonds is 68. The molecule has 89 heavy (non-hydrogen) atoms. The summed E-state index contributed by atoms with van der Waals surface area (Å²) in [7, 11) is -9.89. The highest BCUT2D eigenvalue weighted by molar-refractivity contribution is 7.47. The van der Waals surface area contributed by atoms with Crippen LogP contribution >= 0.6 is 15.6 Å². The third-order valence-electron chi connectivity index (χ3n) is 16.1. The lowest BCUT2D eigenvalue weighted by atomic mass is 10.0. The fraction of sp³-hybridized carbons (Fsp3) is 0.943. The number of hydrogen-bond donors (Lipinski definition) is 3. The summed E-state index contributed by atoms with van der Waals surface area (Å²) in [5, 5.41) is 10.6. The molecular weight excluding hydrogens is 1170 g/mol. The molecule has 0 aromatic rings. The lowest BCUT2D eigenvalue weighted by molar-refractivity contribution is -0.161. The average molecular weight is 1310 g/mol. The van der Waals surface area contributed by atoms with Crippen LogP contribution in [0.25, 0.3) is 0 Å². The van der Waals surface area contributed by atoms with Gasteiger partial charge in [-0.1, -0.05) is 299 Å². The molecule has 0 rings (SSSR count). The van der Waals surface area contributed by atoms with Crippen LogP contribution in [0, 0.1) is 17.8 Å². The SMILES string of the molecule is CCCCCCCCCC(=O)OC[C@H](COP(=O)(O)OC[C@H](O)COP(=O)(O)OC[C@@H](COC(=O)CCCCCCCCCCCC(C)C)OC(=O)CCCCCCCCCCCCCCCCCCCCC(C)C)OC(=O)CCCCCCCCC(C)C. The van der Waals surface area contributed by atoms with Gasteiger partial charge in [0, 0.05) is 25.7 Å². The van der Waals surface area contributed by atoms with E-state index in [9.17, 15) is 43.2 Å². The van der Waals surface area contributed by atoms with E-state index in [0.717, 1.165) is 115 Å². The van der Waals surface area contributed by atoms with E-state index in [2.05, 4.69) is 48.5 Å². The Morgan fingerprint density at radius 2 is 0.517 bits per heavy atom. The molecular formula is C70H136O17P2. The molecule has 5 atom stereocenters. The maximum absolute atomic E-state index is 13.0. The van der Waals surface area contributed by atoms with Crippen molar-refractivity contribution < 1.29 is 80.2 Å². The van der Waals surface area contributed by atoms with E-state index in [1.54, 1.807) is 0 Å². The van der Waals surface area contributed by atoms with Gasteiger partial charge in [-0.15, -0.1) is 0 Å². The molecule has 2 unspecified atom stereocenters. The van der Waals surface area contributed by atoms with E-state index in [-0.39, 0.29) is 25.7 Å². The maximum atomic E-state index is 13.0. The van der Waals surface area contributed by atoms with Crippen molar-refractivity contribution in [1.82, 2.24) is 0 Å². The van der Waals surface area contributed by atoms with Crippen molar-refractivity contribution in [3.8, 4) is 0 Å². The number of carbonyl (C=O) groups is 4. The van der Waals surface area contributed by atoms with E-state index in [4.69, 9.17) is 37.0 Å². The summed E-state index contributed by atoms with van der Waals surface area (Å²) in [6.07, 6.45) is 44.9. The molecule has 17 nitrogen and oxygen atoms in total. The smallest absolute Gasteiger partial charge is 0.462 e. The van der Waals surface area contributed by atoms with Crippen LogP contribution in [0.3, 0.4) is 0 Å². The number of phosphoric ester groups is 2. The normalized spacial score (nSPS) is 14.2. The van der Waals surface area contributed by atoms with E-state index >= 15 is 0 Å². The Labute approximate surface area is 543 Å². The van der Waals surface area contributed by atoms with Gasteiger partial charge in [-0.2, -0.15) is 0 Å². The number of esters is 4. The number of ether oxygens (including phenoxy) is 4. The van der Waals surface area contributed by atoms with Crippen LogP contribution in [0.5, 0.6) is 0 Å². The first-order valence-electron chi connectivity index (χ1n) is 36.3. The van der Waals surface area contributed by atoms with Crippen LogP contribution in [-0.2, 0) is 65.4 Å². The third-order valence-corrected chi connectivity index (χ3v) is 18.0. The molecule has 0 spiro atoms. The van der Waals surface area contributed by atoms with Crippen molar-refractivity contribution in [1.29, 1.82) is 0 Å². The summed E-state index contributed by atoms with van der Waals surface area (Å²) >= 11 is 0. The van der Waals surface area contributed by atoms with Crippen LogP contribution in [0.4, 0.5) is 0 Å².